The molecule has 162 valence electrons. The van der Waals surface area contributed by atoms with Crippen LogP contribution in [-0.4, -0.2) is 40.4 Å². The summed E-state index contributed by atoms with van der Waals surface area (Å²) in [5, 5.41) is 0. The van der Waals surface area contributed by atoms with Crippen LogP contribution in [0, 0.1) is 0 Å². The second-order valence-electron chi connectivity index (χ2n) is 7.17. The number of rotatable bonds is 7. The predicted octanol–water partition coefficient (Wildman–Crippen LogP) is 4.35. The third-order valence-electron chi connectivity index (χ3n) is 5.35. The molecule has 3 rings (SSSR count). The van der Waals surface area contributed by atoms with E-state index >= 15 is 0 Å². The summed E-state index contributed by atoms with van der Waals surface area (Å²) < 4.78 is 32.8. The van der Waals surface area contributed by atoms with Gasteiger partial charge in [0.15, 0.2) is 0 Å². The lowest BCUT2D eigenvalue weighted by Crippen LogP contribution is -2.30. The van der Waals surface area contributed by atoms with Crippen LogP contribution >= 0.6 is 0 Å². The Morgan fingerprint density at radius 1 is 0.903 bits per heavy atom. The van der Waals surface area contributed by atoms with E-state index in [9.17, 15) is 13.2 Å². The average molecular weight is 439 g/mol. The molecule has 0 radical (unpaired) electrons. The van der Waals surface area contributed by atoms with Gasteiger partial charge in [-0.05, 0) is 43.3 Å². The molecule has 0 heterocycles. The SMILES string of the molecule is COc1ccccc1C(C)N(C)C(=O)c1cccc(S(=O)(=O)N(C)c2ccccc2)c1. The molecule has 0 bridgehead atoms. The maximum absolute atomic E-state index is 13.2. The first-order valence-electron chi connectivity index (χ1n) is 9.81. The minimum absolute atomic E-state index is 0.0584. The van der Waals surface area contributed by atoms with E-state index in [1.165, 1.54) is 23.5 Å². The molecule has 0 aliphatic heterocycles. The van der Waals surface area contributed by atoms with Gasteiger partial charge in [0.1, 0.15) is 5.75 Å². The lowest BCUT2D eigenvalue weighted by molar-refractivity contribution is 0.0741. The summed E-state index contributed by atoms with van der Waals surface area (Å²) >= 11 is 0. The summed E-state index contributed by atoms with van der Waals surface area (Å²) in [5.41, 5.74) is 1.71. The molecule has 0 aliphatic rings. The van der Waals surface area contributed by atoms with E-state index in [0.29, 0.717) is 17.0 Å². The number of benzene rings is 3. The van der Waals surface area contributed by atoms with Gasteiger partial charge in [-0.3, -0.25) is 9.10 Å². The minimum Gasteiger partial charge on any atom is -0.496 e. The Hall–Kier alpha value is -3.32. The smallest absolute Gasteiger partial charge is 0.264 e. The van der Waals surface area contributed by atoms with E-state index < -0.39 is 10.0 Å². The molecular formula is C24H26N2O4S. The maximum atomic E-state index is 13.2. The van der Waals surface area contributed by atoms with Gasteiger partial charge in [-0.2, -0.15) is 0 Å². The largest absolute Gasteiger partial charge is 0.496 e. The third kappa shape index (κ3) is 4.56. The van der Waals surface area contributed by atoms with Gasteiger partial charge in [-0.25, -0.2) is 8.42 Å². The Bertz CT molecular complexity index is 1160. The molecule has 3 aromatic rings. The molecule has 0 saturated heterocycles. The Morgan fingerprint density at radius 3 is 2.23 bits per heavy atom. The fraction of sp³-hybridized carbons (Fsp3) is 0.208. The zero-order valence-electron chi connectivity index (χ0n) is 18.0. The molecule has 0 saturated carbocycles. The van der Waals surface area contributed by atoms with E-state index in [1.807, 2.05) is 37.3 Å². The first kappa shape index (κ1) is 22.4. The van der Waals surface area contributed by atoms with E-state index in [2.05, 4.69) is 0 Å². The predicted molar refractivity (Wildman–Crippen MR) is 122 cm³/mol. The number of ether oxygens (including phenoxy) is 1. The lowest BCUT2D eigenvalue weighted by atomic mass is 10.0. The molecular weight excluding hydrogens is 412 g/mol. The number of carbonyl (C=O) groups excluding carboxylic acids is 1. The van der Waals surface area contributed by atoms with Gasteiger partial charge in [-0.1, -0.05) is 42.5 Å². The second-order valence-corrected chi connectivity index (χ2v) is 9.14. The fourth-order valence-corrected chi connectivity index (χ4v) is 4.57. The van der Waals surface area contributed by atoms with Crippen molar-refractivity contribution in [2.75, 3.05) is 25.5 Å². The molecule has 0 N–H and O–H groups in total. The van der Waals surface area contributed by atoms with Gasteiger partial charge in [0.25, 0.3) is 15.9 Å². The molecule has 1 unspecified atom stereocenters. The van der Waals surface area contributed by atoms with Crippen LogP contribution in [0.25, 0.3) is 0 Å². The highest BCUT2D eigenvalue weighted by atomic mass is 32.2. The molecule has 1 amide bonds. The molecule has 7 heteroatoms. The third-order valence-corrected chi connectivity index (χ3v) is 7.13. The van der Waals surface area contributed by atoms with Crippen molar-refractivity contribution in [3.8, 4) is 5.75 Å². The summed E-state index contributed by atoms with van der Waals surface area (Å²) in [6.45, 7) is 1.90. The standard InChI is InChI=1S/C24H26N2O4S/c1-18(22-15-8-9-16-23(22)30-4)25(2)24(27)19-11-10-14-21(17-19)31(28,29)26(3)20-12-6-5-7-13-20/h5-18H,1-4H3. The topological polar surface area (TPSA) is 66.9 Å². The van der Waals surface area contributed by atoms with Crippen LogP contribution in [0.5, 0.6) is 5.75 Å². The van der Waals surface area contributed by atoms with Crippen LogP contribution in [0.2, 0.25) is 0 Å². The first-order chi connectivity index (χ1) is 14.8. The fourth-order valence-electron chi connectivity index (χ4n) is 3.32. The quantitative estimate of drug-likeness (QED) is 0.550. The summed E-state index contributed by atoms with van der Waals surface area (Å²) in [6.07, 6.45) is 0. The number of anilines is 1. The summed E-state index contributed by atoms with van der Waals surface area (Å²) in [5.74, 6) is 0.410. The number of para-hydroxylation sites is 2. The Kier molecular flexibility index (Phi) is 6.65. The van der Waals surface area contributed by atoms with Crippen molar-refractivity contribution in [2.24, 2.45) is 0 Å². The normalized spacial score (nSPS) is 12.1. The highest BCUT2D eigenvalue weighted by Gasteiger charge is 2.25. The first-order valence-corrected chi connectivity index (χ1v) is 11.3. The Morgan fingerprint density at radius 2 is 1.55 bits per heavy atom. The highest BCUT2D eigenvalue weighted by molar-refractivity contribution is 7.92. The molecule has 0 aromatic heterocycles. The number of hydrogen-bond donors (Lipinski definition) is 0. The van der Waals surface area contributed by atoms with Crippen molar-refractivity contribution in [2.45, 2.75) is 17.9 Å². The van der Waals surface area contributed by atoms with E-state index in [1.54, 1.807) is 55.5 Å². The van der Waals surface area contributed by atoms with E-state index in [4.69, 9.17) is 4.74 Å². The van der Waals surface area contributed by atoms with Crippen molar-refractivity contribution in [3.05, 3.63) is 90.0 Å². The zero-order chi connectivity index (χ0) is 22.6. The number of hydrogen-bond acceptors (Lipinski definition) is 4. The number of carbonyl (C=O) groups is 1. The molecule has 3 aromatic carbocycles. The molecule has 1 atom stereocenters. The summed E-state index contributed by atoms with van der Waals surface area (Å²) in [7, 11) is 0.960. The van der Waals surface area contributed by atoms with Crippen LogP contribution in [0.1, 0.15) is 28.9 Å². The molecule has 31 heavy (non-hydrogen) atoms. The van der Waals surface area contributed by atoms with Crippen LogP contribution in [0.15, 0.2) is 83.8 Å². The van der Waals surface area contributed by atoms with Gasteiger partial charge in [0, 0.05) is 25.2 Å². The molecule has 0 fully saturated rings. The van der Waals surface area contributed by atoms with E-state index in [0.717, 1.165) is 5.56 Å². The van der Waals surface area contributed by atoms with Gasteiger partial charge in [-0.15, -0.1) is 0 Å². The van der Waals surface area contributed by atoms with Crippen molar-refractivity contribution in [1.29, 1.82) is 0 Å². The van der Waals surface area contributed by atoms with Gasteiger partial charge >= 0.3 is 0 Å². The number of amides is 1. The monoisotopic (exact) mass is 438 g/mol. The Labute approximate surface area is 183 Å². The van der Waals surface area contributed by atoms with Gasteiger partial charge < -0.3 is 9.64 Å². The number of sulfonamides is 1. The van der Waals surface area contributed by atoms with Crippen LogP contribution in [0.4, 0.5) is 5.69 Å². The molecule has 0 aliphatic carbocycles. The second kappa shape index (κ2) is 9.22. The summed E-state index contributed by atoms with van der Waals surface area (Å²) in [4.78, 5) is 14.8. The van der Waals surface area contributed by atoms with Crippen LogP contribution < -0.4 is 9.04 Å². The summed E-state index contributed by atoms with van der Waals surface area (Å²) in [6, 6.07) is 22.2. The van der Waals surface area contributed by atoms with Gasteiger partial charge in [0.05, 0.1) is 23.7 Å². The number of methoxy groups -OCH3 is 1. The lowest BCUT2D eigenvalue weighted by Gasteiger charge is -2.27. The Balaban J connectivity index is 1.89. The minimum atomic E-state index is -3.81. The van der Waals surface area contributed by atoms with Gasteiger partial charge in [0.2, 0.25) is 0 Å². The van der Waals surface area contributed by atoms with E-state index in [-0.39, 0.29) is 16.8 Å². The van der Waals surface area contributed by atoms with Crippen molar-refractivity contribution in [1.82, 2.24) is 4.90 Å². The zero-order valence-corrected chi connectivity index (χ0v) is 18.8. The van der Waals surface area contributed by atoms with Crippen LogP contribution in [-0.2, 0) is 10.0 Å². The molecule has 6 nitrogen and oxygen atoms in total. The highest BCUT2D eigenvalue weighted by Crippen LogP contribution is 2.29. The number of nitrogens with zero attached hydrogens (tertiary/aromatic N) is 2. The average Bonchev–Trinajstić information content (AvgIpc) is 2.82. The van der Waals surface area contributed by atoms with Crippen molar-refractivity contribution >= 4 is 21.6 Å². The van der Waals surface area contributed by atoms with Crippen molar-refractivity contribution in [3.63, 3.8) is 0 Å². The maximum Gasteiger partial charge on any atom is 0.264 e. The molecule has 0 spiro atoms. The van der Waals surface area contributed by atoms with Crippen molar-refractivity contribution < 1.29 is 17.9 Å². The van der Waals surface area contributed by atoms with Crippen LogP contribution in [0.3, 0.4) is 0 Å².